The predicted octanol–water partition coefficient (Wildman–Crippen LogP) is 24.9. The van der Waals surface area contributed by atoms with E-state index in [4.69, 9.17) is 0 Å². The molecule has 0 amide bonds. The summed E-state index contributed by atoms with van der Waals surface area (Å²) in [6.07, 6.45) is 18.4. The van der Waals surface area contributed by atoms with Crippen molar-refractivity contribution in [2.75, 3.05) is 0 Å². The maximum Gasteiger partial charge on any atom is 0.0653 e. The Morgan fingerprint density at radius 3 is 1.04 bits per heavy atom. The van der Waals surface area contributed by atoms with Gasteiger partial charge in [0.05, 0.1) is 8.42 Å². The zero-order chi connectivity index (χ0) is 49.7. The van der Waals surface area contributed by atoms with Gasteiger partial charge in [0.25, 0.3) is 0 Å². The number of unbranched alkanes of at least 4 members (excludes halogenated alkanes) is 10. The van der Waals surface area contributed by atoms with Crippen LogP contribution in [0.15, 0.2) is 150 Å². The molecule has 0 saturated carbocycles. The van der Waals surface area contributed by atoms with Crippen LogP contribution in [0.4, 0.5) is 0 Å². The normalized spacial score (nSPS) is 12.8. The quantitative estimate of drug-likeness (QED) is 0.0553. The van der Waals surface area contributed by atoms with Crippen LogP contribution >= 0.6 is 114 Å². The fourth-order valence-corrected chi connectivity index (χ4v) is 21.0. The Morgan fingerprint density at radius 2 is 0.685 bits per heavy atom. The van der Waals surface area contributed by atoms with Crippen LogP contribution in [0.3, 0.4) is 0 Å². The van der Waals surface area contributed by atoms with E-state index >= 15 is 0 Å². The van der Waals surface area contributed by atoms with Gasteiger partial charge in [0.1, 0.15) is 0 Å². The molecule has 8 heterocycles. The highest BCUT2D eigenvalue weighted by molar-refractivity contribution is 8.01. The second kappa shape index (κ2) is 24.0. The van der Waals surface area contributed by atoms with Gasteiger partial charge in [-0.05, 0) is 168 Å². The van der Waals surface area contributed by atoms with Crippen LogP contribution in [0.5, 0.6) is 0 Å². The fourth-order valence-electron chi connectivity index (χ4n) is 10.5. The van der Waals surface area contributed by atoms with Crippen LogP contribution in [0.25, 0.3) is 69.7 Å². The molecule has 73 heavy (non-hydrogen) atoms. The predicted molar refractivity (Wildman–Crippen MR) is 335 cm³/mol. The van der Waals surface area contributed by atoms with Crippen molar-refractivity contribution in [3.8, 4) is 69.7 Å². The van der Waals surface area contributed by atoms with Crippen molar-refractivity contribution >= 4 is 114 Å². The Kier molecular flexibility index (Phi) is 17.0. The van der Waals surface area contributed by atoms with Crippen molar-refractivity contribution in [3.63, 3.8) is 0 Å². The Balaban J connectivity index is 0.888. The summed E-state index contributed by atoms with van der Waals surface area (Å²) >= 11 is 19.1. The molecule has 0 atom stereocenters. The zero-order valence-corrected chi connectivity index (χ0v) is 50.3. The first-order chi connectivity index (χ1) is 35.8. The van der Waals surface area contributed by atoms with Gasteiger partial charge in [0.2, 0.25) is 0 Å². The highest BCUT2D eigenvalue weighted by Gasteiger charge is 2.43. The van der Waals surface area contributed by atoms with E-state index in [1.54, 1.807) is 11.1 Å². The summed E-state index contributed by atoms with van der Waals surface area (Å²) in [4.78, 5) is 19.0. The number of rotatable bonds is 24. The van der Waals surface area contributed by atoms with Crippen molar-refractivity contribution < 1.29 is 0 Å². The lowest BCUT2D eigenvalue weighted by atomic mass is 9.70. The van der Waals surface area contributed by atoms with Gasteiger partial charge in [-0.15, -0.1) is 90.7 Å². The van der Waals surface area contributed by atoms with Crippen LogP contribution < -0.4 is 0 Å². The SMILES string of the molecule is CCCCCCCCC1(CCCCCCCC)c2cc(C)c(Sc3ccc(-c4ccc(-c5ccc(-c6cccs6)s5)s4)s3)cc2-c2cc(Sc3ccc(-c4ccc(-c5ccc(-c6cccs6)s5)s4)s3)c(C)cc21. The Labute approximate surface area is 474 Å². The molecule has 0 unspecified atom stereocenters. The van der Waals surface area contributed by atoms with Crippen molar-refractivity contribution in [1.82, 2.24) is 0 Å². The maximum absolute atomic E-state index is 2.65. The molecule has 11 rings (SSSR count). The third-order valence-corrected chi connectivity index (χ3v) is 26.4. The first-order valence-electron chi connectivity index (χ1n) is 26.2. The second-order valence-corrected chi connectivity index (χ2v) is 30.6. The summed E-state index contributed by atoms with van der Waals surface area (Å²) in [5, 5.41) is 4.34. The summed E-state index contributed by atoms with van der Waals surface area (Å²) in [5.74, 6) is 0. The van der Waals surface area contributed by atoms with Gasteiger partial charge >= 0.3 is 0 Å². The molecular weight excluding hydrogens is 1080 g/mol. The van der Waals surface area contributed by atoms with Crippen LogP contribution in [0.1, 0.15) is 126 Å². The Hall–Kier alpha value is -3.26. The first kappa shape index (κ1) is 51.8. The molecule has 0 bridgehead atoms. The van der Waals surface area contributed by atoms with Gasteiger partial charge in [-0.25, -0.2) is 0 Å². The number of benzene rings is 2. The third kappa shape index (κ3) is 11.6. The molecular formula is C63H62S10. The summed E-state index contributed by atoms with van der Waals surface area (Å²) in [6, 6.07) is 47.2. The van der Waals surface area contributed by atoms with Gasteiger partial charge in [0, 0.05) is 73.7 Å². The minimum absolute atomic E-state index is 0.0439. The number of fused-ring (bicyclic) bond motifs is 3. The fraction of sp³-hybridized carbons (Fsp3) is 0.302. The van der Waals surface area contributed by atoms with E-state index in [0.717, 1.165) is 0 Å². The molecule has 10 heteroatoms. The van der Waals surface area contributed by atoms with Crippen molar-refractivity contribution in [3.05, 3.63) is 154 Å². The lowest BCUT2D eigenvalue weighted by Gasteiger charge is -2.33. The van der Waals surface area contributed by atoms with Crippen LogP contribution in [0.2, 0.25) is 0 Å². The first-order valence-corrected chi connectivity index (χ1v) is 34.5. The van der Waals surface area contributed by atoms with Gasteiger partial charge < -0.3 is 0 Å². The summed E-state index contributed by atoms with van der Waals surface area (Å²) in [6.45, 7) is 9.44. The topological polar surface area (TPSA) is 0 Å². The van der Waals surface area contributed by atoms with Crippen molar-refractivity contribution in [1.29, 1.82) is 0 Å². The van der Waals surface area contributed by atoms with Crippen molar-refractivity contribution in [2.45, 2.75) is 141 Å². The van der Waals surface area contributed by atoms with Crippen LogP contribution in [0, 0.1) is 13.8 Å². The molecule has 0 fully saturated rings. The van der Waals surface area contributed by atoms with E-state index in [0.29, 0.717) is 0 Å². The maximum atomic E-state index is 2.65. The highest BCUT2D eigenvalue weighted by Crippen LogP contribution is 2.58. The van der Waals surface area contributed by atoms with Crippen LogP contribution in [-0.4, -0.2) is 0 Å². The van der Waals surface area contributed by atoms with E-state index in [9.17, 15) is 0 Å². The molecule has 0 nitrogen and oxygen atoms in total. The number of aryl methyl sites for hydroxylation is 2. The summed E-state index contributed by atoms with van der Waals surface area (Å²) < 4.78 is 2.72. The number of hydrogen-bond donors (Lipinski definition) is 0. The molecule has 2 aromatic carbocycles. The molecule has 0 aliphatic heterocycles. The zero-order valence-electron chi connectivity index (χ0n) is 42.2. The molecule has 10 aromatic rings. The molecule has 0 N–H and O–H groups in total. The van der Waals surface area contributed by atoms with E-state index in [1.165, 1.54) is 189 Å². The number of thiophene rings is 8. The smallest absolute Gasteiger partial charge is 0.0653 e. The van der Waals surface area contributed by atoms with E-state index in [1.807, 2.05) is 114 Å². The largest absolute Gasteiger partial charge is 0.143 e. The Morgan fingerprint density at radius 1 is 0.356 bits per heavy atom. The average Bonchev–Trinajstić information content (AvgIpc) is 4.24. The summed E-state index contributed by atoms with van der Waals surface area (Å²) in [7, 11) is 0. The van der Waals surface area contributed by atoms with Crippen molar-refractivity contribution in [2.24, 2.45) is 0 Å². The monoisotopic (exact) mass is 1140 g/mol. The van der Waals surface area contributed by atoms with Gasteiger partial charge in [-0.1, -0.05) is 139 Å². The average molecular weight is 1140 g/mol. The van der Waals surface area contributed by atoms with Gasteiger partial charge in [-0.3, -0.25) is 0 Å². The Bertz CT molecular complexity index is 3150. The highest BCUT2D eigenvalue weighted by atomic mass is 32.2. The molecule has 1 aliphatic rings. The van der Waals surface area contributed by atoms with Gasteiger partial charge in [0.15, 0.2) is 0 Å². The molecule has 1 aliphatic carbocycles. The lowest BCUT2D eigenvalue weighted by Crippen LogP contribution is -2.26. The van der Waals surface area contributed by atoms with Gasteiger partial charge in [-0.2, -0.15) is 0 Å². The molecule has 0 spiro atoms. The summed E-state index contributed by atoms with van der Waals surface area (Å²) in [5.41, 5.74) is 9.03. The molecule has 0 radical (unpaired) electrons. The minimum Gasteiger partial charge on any atom is -0.143 e. The number of hydrogen-bond acceptors (Lipinski definition) is 10. The second-order valence-electron chi connectivity index (χ2n) is 19.5. The van der Waals surface area contributed by atoms with E-state index in [-0.39, 0.29) is 5.41 Å². The van der Waals surface area contributed by atoms with Crippen LogP contribution in [-0.2, 0) is 5.41 Å². The molecule has 374 valence electrons. The third-order valence-electron chi connectivity index (χ3n) is 14.4. The molecule has 0 saturated heterocycles. The lowest BCUT2D eigenvalue weighted by molar-refractivity contribution is 0.397. The minimum atomic E-state index is 0.0439. The van der Waals surface area contributed by atoms with E-state index < -0.39 is 0 Å². The molecule has 8 aromatic heterocycles. The standard InChI is InChI=1S/C63H62S10/c1-5-7-9-11-13-15-33-63(34-16-14-12-10-8-6-2)45-37-41(3)59(72-61-31-29-57(70-61)55-27-25-53(68-55)51-23-21-49(66-51)47-19-17-35-64-47)39-43(45)44-40-60(42(4)38-46(44)63)73-62-32-30-58(71-62)56-28-26-54(69-56)52-24-22-50(67-52)48-20-18-36-65-48/h17-32,35-40H,5-16,33-34H2,1-4H3. The van der Waals surface area contributed by atoms with E-state index in [2.05, 4.69) is 160 Å².